The number of carboxylic acids is 1. The minimum atomic E-state index is -1.19. The van der Waals surface area contributed by atoms with Crippen molar-refractivity contribution in [2.24, 2.45) is 0 Å². The van der Waals surface area contributed by atoms with Crippen molar-refractivity contribution in [3.63, 3.8) is 0 Å². The highest BCUT2D eigenvalue weighted by Crippen LogP contribution is 2.44. The van der Waals surface area contributed by atoms with Crippen LogP contribution in [0.15, 0.2) is 60.2 Å². The zero-order chi connectivity index (χ0) is 24.8. The number of nitrogens with zero attached hydrogens (tertiary/aromatic N) is 1. The molecule has 3 N–H and O–H groups in total. The van der Waals surface area contributed by atoms with Gasteiger partial charge in [-0.2, -0.15) is 0 Å². The molecule has 0 spiro atoms. The summed E-state index contributed by atoms with van der Waals surface area (Å²) in [5.74, 6) is -2.00. The predicted molar refractivity (Wildman–Crippen MR) is 129 cm³/mol. The van der Waals surface area contributed by atoms with Crippen LogP contribution in [0.5, 0.6) is 0 Å². The van der Waals surface area contributed by atoms with Crippen LogP contribution in [0.25, 0.3) is 11.1 Å². The van der Waals surface area contributed by atoms with E-state index >= 15 is 0 Å². The number of thiazole rings is 1. The van der Waals surface area contributed by atoms with Gasteiger partial charge in [-0.05, 0) is 22.3 Å². The van der Waals surface area contributed by atoms with Crippen molar-refractivity contribution in [1.82, 2.24) is 15.6 Å². The van der Waals surface area contributed by atoms with Gasteiger partial charge in [-0.15, -0.1) is 11.3 Å². The molecule has 0 saturated heterocycles. The molecule has 1 aliphatic rings. The summed E-state index contributed by atoms with van der Waals surface area (Å²) in [7, 11) is 1.38. The second-order valence-corrected chi connectivity index (χ2v) is 9.02. The highest BCUT2D eigenvalue weighted by Gasteiger charge is 2.31. The number of carbonyl (C=O) groups excluding carboxylic acids is 2. The molecule has 4 rings (SSSR count). The third-order valence-corrected chi connectivity index (χ3v) is 6.59. The largest absolute Gasteiger partial charge is 0.480 e. The number of nitrogens with one attached hydrogen (secondary N) is 2. The van der Waals surface area contributed by atoms with Crippen molar-refractivity contribution >= 4 is 29.3 Å². The molecule has 35 heavy (non-hydrogen) atoms. The van der Waals surface area contributed by atoms with Crippen molar-refractivity contribution < 1.29 is 29.0 Å². The third-order valence-electron chi connectivity index (χ3n) is 5.79. The van der Waals surface area contributed by atoms with Crippen LogP contribution in [-0.2, 0) is 25.5 Å². The van der Waals surface area contributed by atoms with E-state index < -0.39 is 30.1 Å². The minimum Gasteiger partial charge on any atom is -0.480 e. The van der Waals surface area contributed by atoms with Gasteiger partial charge in [0.05, 0.1) is 12.1 Å². The summed E-state index contributed by atoms with van der Waals surface area (Å²) in [6.07, 6.45) is 0.837. The number of hydrogen-bond donors (Lipinski definition) is 3. The summed E-state index contributed by atoms with van der Waals surface area (Å²) in [4.78, 5) is 41.6. The fraction of sp³-hybridized carbons (Fsp3) is 0.280. The number of fused-ring (bicyclic) bond motifs is 3. The van der Waals surface area contributed by atoms with E-state index in [1.165, 1.54) is 18.4 Å². The average Bonchev–Trinajstić information content (AvgIpc) is 3.48. The van der Waals surface area contributed by atoms with Crippen molar-refractivity contribution in [3.8, 4) is 11.1 Å². The van der Waals surface area contributed by atoms with E-state index in [0.29, 0.717) is 4.88 Å². The second-order valence-electron chi connectivity index (χ2n) is 8.05. The maximum atomic E-state index is 12.8. The van der Waals surface area contributed by atoms with E-state index in [1.54, 1.807) is 11.7 Å². The Kier molecular flexibility index (Phi) is 7.74. The van der Waals surface area contributed by atoms with Gasteiger partial charge in [-0.1, -0.05) is 48.5 Å². The average molecular weight is 496 g/mol. The Morgan fingerprint density at radius 3 is 2.26 bits per heavy atom. The first-order valence-electron chi connectivity index (χ1n) is 11.0. The molecule has 10 heteroatoms. The number of amides is 2. The molecule has 0 fully saturated rings. The summed E-state index contributed by atoms with van der Waals surface area (Å²) in [6, 6.07) is 13.6. The number of hydrogen-bond acceptors (Lipinski definition) is 7. The number of ether oxygens (including phenoxy) is 2. The lowest BCUT2D eigenvalue weighted by molar-refractivity contribution is -0.142. The van der Waals surface area contributed by atoms with E-state index in [-0.39, 0.29) is 25.6 Å². The zero-order valence-electron chi connectivity index (χ0n) is 19.0. The Labute approximate surface area is 206 Å². The minimum absolute atomic E-state index is 0.0797. The number of carbonyl (C=O) groups is 3. The van der Waals surface area contributed by atoms with E-state index in [0.717, 1.165) is 22.3 Å². The zero-order valence-corrected chi connectivity index (χ0v) is 19.8. The van der Waals surface area contributed by atoms with Gasteiger partial charge in [0.25, 0.3) is 0 Å². The number of carboxylic acid groups (broad SMARTS) is 1. The summed E-state index contributed by atoms with van der Waals surface area (Å²) >= 11 is 1.29. The normalized spacial score (nSPS) is 13.9. The molecule has 182 valence electrons. The Bertz CT molecular complexity index is 1150. The van der Waals surface area contributed by atoms with E-state index in [1.807, 2.05) is 48.5 Å². The Balaban J connectivity index is 1.38. The molecule has 3 aromatic rings. The van der Waals surface area contributed by atoms with Gasteiger partial charge >= 0.3 is 12.1 Å². The highest BCUT2D eigenvalue weighted by atomic mass is 32.1. The quantitative estimate of drug-likeness (QED) is 0.395. The van der Waals surface area contributed by atoms with Crippen LogP contribution in [0.1, 0.15) is 21.9 Å². The van der Waals surface area contributed by atoms with E-state index in [2.05, 4.69) is 15.6 Å². The third kappa shape index (κ3) is 5.67. The second kappa shape index (κ2) is 11.1. The lowest BCUT2D eigenvalue weighted by atomic mass is 9.98. The number of alkyl carbamates (subject to hydrolysis) is 1. The van der Waals surface area contributed by atoms with Gasteiger partial charge in [0.15, 0.2) is 0 Å². The highest BCUT2D eigenvalue weighted by molar-refractivity contribution is 7.09. The van der Waals surface area contributed by atoms with Gasteiger partial charge in [-0.25, -0.2) is 9.59 Å². The molecular formula is C25H25N3O6S. The Morgan fingerprint density at radius 2 is 1.69 bits per heavy atom. The van der Waals surface area contributed by atoms with Crippen LogP contribution in [-0.4, -0.2) is 60.5 Å². The molecule has 0 bridgehead atoms. The molecule has 1 aromatic heterocycles. The van der Waals surface area contributed by atoms with Crippen molar-refractivity contribution in [3.05, 3.63) is 76.2 Å². The molecule has 2 aromatic carbocycles. The fourth-order valence-electron chi connectivity index (χ4n) is 4.15. The molecule has 0 radical (unpaired) electrons. The number of benzene rings is 2. The molecule has 0 saturated carbocycles. The van der Waals surface area contributed by atoms with Crippen LogP contribution >= 0.6 is 11.3 Å². The van der Waals surface area contributed by atoms with Crippen LogP contribution < -0.4 is 10.6 Å². The van der Waals surface area contributed by atoms with Gasteiger partial charge in [-0.3, -0.25) is 9.78 Å². The lowest BCUT2D eigenvalue weighted by Crippen LogP contribution is -2.54. The number of rotatable bonds is 10. The predicted octanol–water partition coefficient (Wildman–Crippen LogP) is 2.81. The first kappa shape index (κ1) is 24.4. The SMILES string of the molecule is COC[C@H](NC(=O)OCC1c2ccccc2-c2ccccc21)C(=O)NC(Cc1cncs1)C(=O)O. The van der Waals surface area contributed by atoms with Crippen molar-refractivity contribution in [1.29, 1.82) is 0 Å². The van der Waals surface area contributed by atoms with Gasteiger partial charge in [0.1, 0.15) is 18.7 Å². The van der Waals surface area contributed by atoms with Gasteiger partial charge in [0, 0.05) is 30.5 Å². The smallest absolute Gasteiger partial charge is 0.407 e. The summed E-state index contributed by atoms with van der Waals surface area (Å²) in [6.45, 7) is -0.0623. The van der Waals surface area contributed by atoms with Crippen LogP contribution in [0, 0.1) is 0 Å². The molecular weight excluding hydrogens is 470 g/mol. The first-order valence-corrected chi connectivity index (χ1v) is 11.9. The van der Waals surface area contributed by atoms with Crippen molar-refractivity contribution in [2.45, 2.75) is 24.4 Å². The summed E-state index contributed by atoms with van der Waals surface area (Å²) in [5, 5.41) is 14.5. The lowest BCUT2D eigenvalue weighted by Gasteiger charge is -2.21. The number of methoxy groups -OCH3 is 1. The molecule has 1 heterocycles. The summed E-state index contributed by atoms with van der Waals surface area (Å²) < 4.78 is 10.6. The number of aliphatic carboxylic acids is 1. The van der Waals surface area contributed by atoms with Crippen molar-refractivity contribution in [2.75, 3.05) is 20.3 Å². The standard InChI is InChI=1S/C25H25N3O6S/c1-33-13-22(23(29)27-21(24(30)31)10-15-11-26-14-35-15)28-25(32)34-12-20-18-8-4-2-6-16(18)17-7-3-5-9-19(17)20/h2-9,11,14,20-22H,10,12-13H2,1H3,(H,27,29)(H,28,32)(H,30,31)/t21?,22-/m0/s1. The molecule has 1 aliphatic carbocycles. The van der Waals surface area contributed by atoms with Crippen LogP contribution in [0.2, 0.25) is 0 Å². The van der Waals surface area contributed by atoms with Gasteiger partial charge < -0.3 is 25.2 Å². The molecule has 0 aliphatic heterocycles. The number of aromatic nitrogens is 1. The topological polar surface area (TPSA) is 127 Å². The Morgan fingerprint density at radius 1 is 1.03 bits per heavy atom. The van der Waals surface area contributed by atoms with Crippen LogP contribution in [0.3, 0.4) is 0 Å². The monoisotopic (exact) mass is 495 g/mol. The maximum Gasteiger partial charge on any atom is 0.407 e. The fourth-order valence-corrected chi connectivity index (χ4v) is 4.79. The van der Waals surface area contributed by atoms with E-state index in [4.69, 9.17) is 9.47 Å². The van der Waals surface area contributed by atoms with E-state index in [9.17, 15) is 19.5 Å². The molecule has 2 amide bonds. The molecule has 1 unspecified atom stereocenters. The van der Waals surface area contributed by atoms with Gasteiger partial charge in [0.2, 0.25) is 5.91 Å². The first-order chi connectivity index (χ1) is 17.0. The molecule has 2 atom stereocenters. The molecule has 9 nitrogen and oxygen atoms in total. The Hall–Kier alpha value is -3.76. The maximum absolute atomic E-state index is 12.8. The summed E-state index contributed by atoms with van der Waals surface area (Å²) in [5.41, 5.74) is 5.94. The van der Waals surface area contributed by atoms with Crippen LogP contribution in [0.4, 0.5) is 4.79 Å².